The maximum absolute atomic E-state index is 12.4. The van der Waals surface area contributed by atoms with Crippen LogP contribution in [0.4, 0.5) is 13.2 Å². The Morgan fingerprint density at radius 2 is 1.91 bits per heavy atom. The van der Waals surface area contributed by atoms with Crippen molar-refractivity contribution in [2.24, 2.45) is 5.92 Å². The Hall–Kier alpha value is -1.56. The number of halogens is 3. The summed E-state index contributed by atoms with van der Waals surface area (Å²) in [7, 11) is 0. The van der Waals surface area contributed by atoms with Gasteiger partial charge in [0.2, 0.25) is 5.91 Å². The smallest absolute Gasteiger partial charge is 0.355 e. The highest BCUT2D eigenvalue weighted by Gasteiger charge is 2.35. The number of alkyl halides is 3. The molecule has 2 rings (SSSR count). The van der Waals surface area contributed by atoms with E-state index in [1.165, 1.54) is 4.90 Å². The molecule has 128 valence electrons. The predicted octanol–water partition coefficient (Wildman–Crippen LogP) is 2.96. The van der Waals surface area contributed by atoms with E-state index in [-0.39, 0.29) is 11.8 Å². The number of rotatable bonds is 5. The largest absolute Gasteiger partial charge is 0.401 e. The number of benzene rings is 1. The summed E-state index contributed by atoms with van der Waals surface area (Å²) >= 11 is 0. The van der Waals surface area contributed by atoms with Crippen molar-refractivity contribution in [1.82, 2.24) is 10.2 Å². The molecule has 1 atom stereocenters. The van der Waals surface area contributed by atoms with Gasteiger partial charge in [0.15, 0.2) is 0 Å². The van der Waals surface area contributed by atoms with Gasteiger partial charge in [-0.2, -0.15) is 13.2 Å². The van der Waals surface area contributed by atoms with Gasteiger partial charge in [-0.25, -0.2) is 0 Å². The van der Waals surface area contributed by atoms with Crippen LogP contribution in [0.15, 0.2) is 30.3 Å². The van der Waals surface area contributed by atoms with Gasteiger partial charge in [-0.05, 0) is 38.3 Å². The lowest BCUT2D eigenvalue weighted by Gasteiger charge is -2.25. The molecule has 1 N–H and O–H groups in total. The van der Waals surface area contributed by atoms with E-state index in [2.05, 4.69) is 5.32 Å². The van der Waals surface area contributed by atoms with Gasteiger partial charge in [-0.3, -0.25) is 9.69 Å². The molecule has 0 aromatic heterocycles. The Balaban J connectivity index is 1.83. The fourth-order valence-corrected chi connectivity index (χ4v) is 2.92. The van der Waals surface area contributed by atoms with Crippen molar-refractivity contribution in [3.05, 3.63) is 35.9 Å². The molecule has 0 bridgehead atoms. The highest BCUT2D eigenvalue weighted by atomic mass is 19.4. The molecule has 1 aliphatic rings. The van der Waals surface area contributed by atoms with Crippen LogP contribution in [0.3, 0.4) is 0 Å². The van der Waals surface area contributed by atoms with E-state index < -0.39 is 18.1 Å². The molecule has 3 nitrogen and oxygen atoms in total. The molecule has 1 aromatic carbocycles. The first-order valence-corrected chi connectivity index (χ1v) is 7.81. The van der Waals surface area contributed by atoms with Gasteiger partial charge in [-0.15, -0.1) is 0 Å². The first-order chi connectivity index (χ1) is 10.7. The topological polar surface area (TPSA) is 32.3 Å². The standard InChI is InChI=1S/C17H23F3N2O/c1-16(2,14-6-4-3-5-7-14)15(23)21-10-13-8-9-22(11-13)12-17(18,19)20/h3-7,13H,8-12H2,1-2H3,(H,21,23)/t13-/m1/s1. The molecule has 1 aromatic rings. The van der Waals surface area contributed by atoms with Gasteiger partial charge < -0.3 is 5.32 Å². The SMILES string of the molecule is CC(C)(C(=O)NC[C@H]1CCN(CC(F)(F)F)C1)c1ccccc1. The van der Waals surface area contributed by atoms with Crippen LogP contribution in [-0.4, -0.2) is 43.2 Å². The molecule has 0 spiro atoms. The molecule has 1 aliphatic heterocycles. The molecular formula is C17H23F3N2O. The van der Waals surface area contributed by atoms with Gasteiger partial charge in [0.05, 0.1) is 12.0 Å². The van der Waals surface area contributed by atoms with Crippen LogP contribution < -0.4 is 5.32 Å². The maximum Gasteiger partial charge on any atom is 0.401 e. The number of amides is 1. The fraction of sp³-hybridized carbons (Fsp3) is 0.588. The summed E-state index contributed by atoms with van der Waals surface area (Å²) in [6, 6.07) is 9.47. The lowest BCUT2D eigenvalue weighted by Crippen LogP contribution is -2.42. The number of hydrogen-bond acceptors (Lipinski definition) is 2. The van der Waals surface area contributed by atoms with Gasteiger partial charge in [0, 0.05) is 13.1 Å². The summed E-state index contributed by atoms with van der Waals surface area (Å²) in [5.74, 6) is -0.0224. The average molecular weight is 328 g/mol. The number of nitrogens with zero attached hydrogens (tertiary/aromatic N) is 1. The van der Waals surface area contributed by atoms with E-state index in [1.807, 2.05) is 44.2 Å². The summed E-state index contributed by atoms with van der Waals surface area (Å²) in [5.41, 5.74) is 0.258. The summed E-state index contributed by atoms with van der Waals surface area (Å²) in [6.45, 7) is 4.06. The molecule has 1 amide bonds. The molecule has 1 heterocycles. The van der Waals surface area contributed by atoms with E-state index in [1.54, 1.807) is 0 Å². The molecule has 23 heavy (non-hydrogen) atoms. The van der Waals surface area contributed by atoms with Gasteiger partial charge >= 0.3 is 6.18 Å². The van der Waals surface area contributed by atoms with E-state index in [4.69, 9.17) is 0 Å². The number of nitrogens with one attached hydrogen (secondary N) is 1. The zero-order chi connectivity index (χ0) is 17.1. The third-order valence-electron chi connectivity index (χ3n) is 4.39. The molecule has 6 heteroatoms. The van der Waals surface area contributed by atoms with Crippen LogP contribution in [-0.2, 0) is 10.2 Å². The fourth-order valence-electron chi connectivity index (χ4n) is 2.92. The van der Waals surface area contributed by atoms with Crippen LogP contribution in [0.25, 0.3) is 0 Å². The normalized spacial score (nSPS) is 19.8. The van der Waals surface area contributed by atoms with Crippen LogP contribution in [0.1, 0.15) is 25.8 Å². The van der Waals surface area contributed by atoms with Crippen molar-refractivity contribution in [3.63, 3.8) is 0 Å². The first kappa shape index (κ1) is 17.8. The van der Waals surface area contributed by atoms with E-state index in [0.717, 1.165) is 5.56 Å². The second-order valence-electron chi connectivity index (χ2n) is 6.71. The van der Waals surface area contributed by atoms with Crippen molar-refractivity contribution in [2.75, 3.05) is 26.2 Å². The molecule has 0 aliphatic carbocycles. The van der Waals surface area contributed by atoms with Crippen LogP contribution in [0.2, 0.25) is 0 Å². The van der Waals surface area contributed by atoms with E-state index in [9.17, 15) is 18.0 Å². The lowest BCUT2D eigenvalue weighted by molar-refractivity contribution is -0.143. The minimum absolute atomic E-state index is 0.0767. The first-order valence-electron chi connectivity index (χ1n) is 7.81. The van der Waals surface area contributed by atoms with Crippen molar-refractivity contribution >= 4 is 5.91 Å². The molecular weight excluding hydrogens is 305 g/mol. The highest BCUT2D eigenvalue weighted by molar-refractivity contribution is 5.87. The number of likely N-dealkylation sites (tertiary alicyclic amines) is 1. The second kappa shape index (κ2) is 6.91. The minimum Gasteiger partial charge on any atom is -0.355 e. The maximum atomic E-state index is 12.4. The van der Waals surface area contributed by atoms with Crippen molar-refractivity contribution in [2.45, 2.75) is 31.9 Å². The number of hydrogen-bond donors (Lipinski definition) is 1. The summed E-state index contributed by atoms with van der Waals surface area (Å²) in [4.78, 5) is 13.8. The van der Waals surface area contributed by atoms with E-state index in [0.29, 0.717) is 26.1 Å². The van der Waals surface area contributed by atoms with Gasteiger partial charge in [0.25, 0.3) is 0 Å². The van der Waals surface area contributed by atoms with E-state index >= 15 is 0 Å². The highest BCUT2D eigenvalue weighted by Crippen LogP contribution is 2.25. The van der Waals surface area contributed by atoms with Crippen molar-refractivity contribution in [3.8, 4) is 0 Å². The Morgan fingerprint density at radius 1 is 1.26 bits per heavy atom. The molecule has 1 fully saturated rings. The van der Waals surface area contributed by atoms with Gasteiger partial charge in [-0.1, -0.05) is 30.3 Å². The van der Waals surface area contributed by atoms with Crippen LogP contribution in [0.5, 0.6) is 0 Å². The summed E-state index contributed by atoms with van der Waals surface area (Å²) in [6.07, 6.45) is -3.48. The second-order valence-corrected chi connectivity index (χ2v) is 6.71. The zero-order valence-electron chi connectivity index (χ0n) is 13.5. The third-order valence-corrected chi connectivity index (χ3v) is 4.39. The molecule has 1 saturated heterocycles. The van der Waals surface area contributed by atoms with Crippen molar-refractivity contribution in [1.29, 1.82) is 0 Å². The van der Waals surface area contributed by atoms with Crippen molar-refractivity contribution < 1.29 is 18.0 Å². The van der Waals surface area contributed by atoms with Crippen LogP contribution >= 0.6 is 0 Å². The Bertz CT molecular complexity index is 528. The quantitative estimate of drug-likeness (QED) is 0.901. The summed E-state index contributed by atoms with van der Waals surface area (Å²) in [5, 5.41) is 2.90. The summed E-state index contributed by atoms with van der Waals surface area (Å²) < 4.78 is 37.1. The zero-order valence-corrected chi connectivity index (χ0v) is 13.5. The molecule has 0 saturated carbocycles. The molecule has 0 radical (unpaired) electrons. The van der Waals surface area contributed by atoms with Crippen LogP contribution in [0, 0.1) is 5.92 Å². The monoisotopic (exact) mass is 328 g/mol. The Morgan fingerprint density at radius 3 is 2.52 bits per heavy atom. The predicted molar refractivity (Wildman–Crippen MR) is 83.1 cm³/mol. The Labute approximate surface area is 134 Å². The minimum atomic E-state index is -4.16. The number of carbonyl (C=O) groups excluding carboxylic acids is 1. The molecule has 0 unspecified atom stereocenters. The third kappa shape index (κ3) is 4.96. The Kier molecular flexibility index (Phi) is 5.34. The van der Waals surface area contributed by atoms with Gasteiger partial charge in [0.1, 0.15) is 0 Å². The average Bonchev–Trinajstić information content (AvgIpc) is 2.91. The lowest BCUT2D eigenvalue weighted by atomic mass is 9.83. The number of carbonyl (C=O) groups is 1.